The summed E-state index contributed by atoms with van der Waals surface area (Å²) in [6.45, 7) is 3.47. The average molecular weight is 332 g/mol. The molecule has 2 saturated heterocycles. The lowest BCUT2D eigenvalue weighted by molar-refractivity contribution is -0.158. The van der Waals surface area contributed by atoms with Gasteiger partial charge in [0.2, 0.25) is 12.7 Å². The fourth-order valence-electron chi connectivity index (χ4n) is 3.63. The highest BCUT2D eigenvalue weighted by molar-refractivity contribution is 5.95. The number of likely N-dealkylation sites (tertiary alicyclic amines) is 1. The van der Waals surface area contributed by atoms with Gasteiger partial charge in [0.25, 0.3) is 5.91 Å². The van der Waals surface area contributed by atoms with Crippen LogP contribution in [0.3, 0.4) is 0 Å². The second-order valence-electron chi connectivity index (χ2n) is 6.50. The van der Waals surface area contributed by atoms with E-state index in [1.165, 1.54) is 0 Å². The molecule has 1 N–H and O–H groups in total. The monoisotopic (exact) mass is 332 g/mol. The van der Waals surface area contributed by atoms with Gasteiger partial charge in [0.15, 0.2) is 11.5 Å². The summed E-state index contributed by atoms with van der Waals surface area (Å²) in [6.07, 6.45) is 1.43. The quantitative estimate of drug-likeness (QED) is 0.828. The van der Waals surface area contributed by atoms with Gasteiger partial charge in [-0.15, -0.1) is 0 Å². The van der Waals surface area contributed by atoms with E-state index in [2.05, 4.69) is 5.32 Å². The molecular weight excluding hydrogens is 312 g/mol. The molecule has 1 aromatic rings. The van der Waals surface area contributed by atoms with E-state index in [0.29, 0.717) is 43.0 Å². The van der Waals surface area contributed by atoms with Crippen molar-refractivity contribution in [3.63, 3.8) is 0 Å². The predicted octanol–water partition coefficient (Wildman–Crippen LogP) is 0.925. The highest BCUT2D eigenvalue weighted by Crippen LogP contribution is 2.35. The van der Waals surface area contributed by atoms with Crippen molar-refractivity contribution in [1.82, 2.24) is 10.2 Å². The summed E-state index contributed by atoms with van der Waals surface area (Å²) in [7, 11) is 0. The highest BCUT2D eigenvalue weighted by atomic mass is 16.7. The zero-order valence-electron chi connectivity index (χ0n) is 13.5. The minimum Gasteiger partial charge on any atom is -0.454 e. The summed E-state index contributed by atoms with van der Waals surface area (Å²) in [5.74, 6) is 1.19. The maximum absolute atomic E-state index is 12.7. The number of nitrogens with zero attached hydrogens (tertiary/aromatic N) is 1. The second kappa shape index (κ2) is 5.66. The maximum atomic E-state index is 12.7. The van der Waals surface area contributed by atoms with Crippen LogP contribution in [0.5, 0.6) is 11.5 Å². The minimum atomic E-state index is -0.362. The van der Waals surface area contributed by atoms with Gasteiger partial charge in [0.1, 0.15) is 6.61 Å². The fraction of sp³-hybridized carbons (Fsp3) is 0.529. The molecule has 3 heterocycles. The number of carbonyl (C=O) groups excluding carboxylic acids is 2. The Labute approximate surface area is 139 Å². The number of hydrogen-bond acceptors (Lipinski definition) is 5. The Morgan fingerprint density at radius 1 is 1.25 bits per heavy atom. The van der Waals surface area contributed by atoms with E-state index >= 15 is 0 Å². The zero-order valence-corrected chi connectivity index (χ0v) is 13.5. The molecule has 0 unspecified atom stereocenters. The third-order valence-corrected chi connectivity index (χ3v) is 5.17. The second-order valence-corrected chi connectivity index (χ2v) is 6.50. The Balaban J connectivity index is 1.44. The molecule has 0 bridgehead atoms. The topological polar surface area (TPSA) is 77.1 Å². The molecule has 2 fully saturated rings. The number of hydrogen-bond donors (Lipinski definition) is 1. The molecule has 24 heavy (non-hydrogen) atoms. The third-order valence-electron chi connectivity index (χ3n) is 5.17. The number of carbonyl (C=O) groups is 2. The first-order chi connectivity index (χ1) is 11.6. The Bertz CT molecular complexity index is 682. The summed E-state index contributed by atoms with van der Waals surface area (Å²) < 4.78 is 16.5. The van der Waals surface area contributed by atoms with Gasteiger partial charge in [-0.05, 0) is 38.0 Å². The van der Waals surface area contributed by atoms with Gasteiger partial charge >= 0.3 is 0 Å². The Kier molecular flexibility index (Phi) is 3.60. The molecular formula is C17H20N2O5. The van der Waals surface area contributed by atoms with Crippen LogP contribution in [0.1, 0.15) is 30.1 Å². The fourth-order valence-corrected chi connectivity index (χ4v) is 3.63. The third kappa shape index (κ3) is 2.49. The summed E-state index contributed by atoms with van der Waals surface area (Å²) in [5, 5.41) is 2.95. The van der Waals surface area contributed by atoms with Gasteiger partial charge in [-0.25, -0.2) is 0 Å². The van der Waals surface area contributed by atoms with Crippen molar-refractivity contribution in [1.29, 1.82) is 0 Å². The molecule has 4 rings (SSSR count). The lowest BCUT2D eigenvalue weighted by atomic mass is 9.83. The van der Waals surface area contributed by atoms with E-state index in [4.69, 9.17) is 14.2 Å². The molecule has 2 amide bonds. The van der Waals surface area contributed by atoms with Crippen LogP contribution in [0.2, 0.25) is 0 Å². The Morgan fingerprint density at radius 3 is 2.75 bits per heavy atom. The first-order valence-corrected chi connectivity index (χ1v) is 8.20. The van der Waals surface area contributed by atoms with Gasteiger partial charge in [0, 0.05) is 18.7 Å². The van der Waals surface area contributed by atoms with Crippen LogP contribution in [0, 0.1) is 0 Å². The molecule has 3 aliphatic rings. The van der Waals surface area contributed by atoms with Gasteiger partial charge < -0.3 is 24.4 Å². The normalized spacial score (nSPS) is 24.8. The molecule has 0 aliphatic carbocycles. The van der Waals surface area contributed by atoms with Crippen LogP contribution in [-0.2, 0) is 9.53 Å². The standard InChI is InChI=1S/C17H20N2O5/c1-11-17(24-9-15(20)18-11)4-6-19(7-5-17)16(21)12-2-3-13-14(8-12)23-10-22-13/h2-3,8,11H,4-7,9-10H2,1H3,(H,18,20)/t11-/m1/s1. The Morgan fingerprint density at radius 2 is 2.00 bits per heavy atom. The van der Waals surface area contributed by atoms with Crippen LogP contribution in [0.25, 0.3) is 0 Å². The Hall–Kier alpha value is -2.28. The minimum absolute atomic E-state index is 0.0179. The molecule has 0 aromatic heterocycles. The van der Waals surface area contributed by atoms with Crippen LogP contribution in [0.15, 0.2) is 18.2 Å². The molecule has 7 nitrogen and oxygen atoms in total. The average Bonchev–Trinajstić information content (AvgIpc) is 3.06. The summed E-state index contributed by atoms with van der Waals surface area (Å²) in [6, 6.07) is 5.22. The number of morpholine rings is 1. The van der Waals surface area contributed by atoms with Gasteiger partial charge in [0.05, 0.1) is 11.6 Å². The maximum Gasteiger partial charge on any atom is 0.253 e. The predicted molar refractivity (Wildman–Crippen MR) is 84.0 cm³/mol. The van der Waals surface area contributed by atoms with E-state index < -0.39 is 0 Å². The van der Waals surface area contributed by atoms with Gasteiger partial charge in [-0.3, -0.25) is 9.59 Å². The molecule has 7 heteroatoms. The molecule has 1 spiro atoms. The number of amides is 2. The lowest BCUT2D eigenvalue weighted by Crippen LogP contribution is -2.63. The number of rotatable bonds is 1. The van der Waals surface area contributed by atoms with E-state index in [1.807, 2.05) is 11.8 Å². The van der Waals surface area contributed by atoms with Crippen molar-refractivity contribution in [2.45, 2.75) is 31.4 Å². The van der Waals surface area contributed by atoms with Crippen LogP contribution in [0.4, 0.5) is 0 Å². The van der Waals surface area contributed by atoms with Crippen LogP contribution in [-0.4, -0.2) is 54.8 Å². The highest BCUT2D eigenvalue weighted by Gasteiger charge is 2.45. The van der Waals surface area contributed by atoms with Crippen molar-refractivity contribution in [2.24, 2.45) is 0 Å². The van der Waals surface area contributed by atoms with E-state index in [1.54, 1.807) is 18.2 Å². The molecule has 3 aliphatic heterocycles. The van der Waals surface area contributed by atoms with Crippen molar-refractivity contribution in [3.05, 3.63) is 23.8 Å². The number of piperidine rings is 1. The van der Waals surface area contributed by atoms with Crippen molar-refractivity contribution in [3.8, 4) is 11.5 Å². The van der Waals surface area contributed by atoms with Gasteiger partial charge in [-0.2, -0.15) is 0 Å². The number of benzene rings is 1. The first kappa shape index (κ1) is 15.3. The van der Waals surface area contributed by atoms with Crippen LogP contribution < -0.4 is 14.8 Å². The van der Waals surface area contributed by atoms with Crippen LogP contribution >= 0.6 is 0 Å². The molecule has 0 radical (unpaired) electrons. The number of ether oxygens (including phenoxy) is 3. The largest absolute Gasteiger partial charge is 0.454 e. The smallest absolute Gasteiger partial charge is 0.253 e. The van der Waals surface area contributed by atoms with E-state index in [-0.39, 0.29) is 36.9 Å². The SMILES string of the molecule is C[C@H]1NC(=O)COC12CCN(C(=O)c1ccc3c(c1)OCO3)CC2. The zero-order chi connectivity index (χ0) is 16.7. The van der Waals surface area contributed by atoms with Gasteiger partial charge in [-0.1, -0.05) is 0 Å². The van der Waals surface area contributed by atoms with Crippen molar-refractivity contribution in [2.75, 3.05) is 26.5 Å². The lowest BCUT2D eigenvalue weighted by Gasteiger charge is -2.47. The van der Waals surface area contributed by atoms with E-state index in [0.717, 1.165) is 0 Å². The van der Waals surface area contributed by atoms with Crippen molar-refractivity contribution < 1.29 is 23.8 Å². The molecule has 1 atom stereocenters. The molecule has 0 saturated carbocycles. The number of nitrogens with one attached hydrogen (secondary N) is 1. The number of fused-ring (bicyclic) bond motifs is 1. The summed E-state index contributed by atoms with van der Waals surface area (Å²) in [5.41, 5.74) is 0.237. The first-order valence-electron chi connectivity index (χ1n) is 8.20. The summed E-state index contributed by atoms with van der Waals surface area (Å²) >= 11 is 0. The molecule has 1 aromatic carbocycles. The van der Waals surface area contributed by atoms with E-state index in [9.17, 15) is 9.59 Å². The molecule has 128 valence electrons. The summed E-state index contributed by atoms with van der Waals surface area (Å²) in [4.78, 5) is 26.0. The van der Waals surface area contributed by atoms with Crippen molar-refractivity contribution >= 4 is 11.8 Å².